The van der Waals surface area contributed by atoms with Gasteiger partial charge in [-0.15, -0.1) is 0 Å². The van der Waals surface area contributed by atoms with E-state index in [1.807, 2.05) is 25.1 Å². The van der Waals surface area contributed by atoms with Crippen molar-refractivity contribution in [1.82, 2.24) is 5.43 Å². The molecule has 0 bridgehead atoms. The molecule has 0 amide bonds. The summed E-state index contributed by atoms with van der Waals surface area (Å²) in [5.74, 6) is 6.29. The largest absolute Gasteiger partial charge is 0.459 e. The van der Waals surface area contributed by atoms with Gasteiger partial charge in [-0.25, -0.2) is 5.43 Å². The van der Waals surface area contributed by atoms with Gasteiger partial charge in [-0.3, -0.25) is 5.84 Å². The summed E-state index contributed by atoms with van der Waals surface area (Å²) >= 11 is 0. The third-order valence-electron chi connectivity index (χ3n) is 2.63. The van der Waals surface area contributed by atoms with E-state index in [0.717, 1.165) is 22.3 Å². The number of hydrogen-bond donors (Lipinski definition) is 2. The van der Waals surface area contributed by atoms with E-state index < -0.39 is 0 Å². The second-order valence-corrected chi connectivity index (χ2v) is 4.14. The van der Waals surface area contributed by atoms with Crippen LogP contribution in [0, 0.1) is 6.92 Å². The summed E-state index contributed by atoms with van der Waals surface area (Å²) in [4.78, 5) is 0. The van der Waals surface area contributed by atoms with Crippen molar-refractivity contribution in [2.24, 2.45) is 5.84 Å². The molecular formula is C13H16N2O. The number of nitrogens with one attached hydrogen (secondary N) is 1. The van der Waals surface area contributed by atoms with Crippen LogP contribution in [0.4, 0.5) is 0 Å². The smallest absolute Gasteiger partial charge is 0.134 e. The minimum absolute atomic E-state index is 0.132. The second kappa shape index (κ2) is 4.12. The lowest BCUT2D eigenvalue weighted by Crippen LogP contribution is -2.28. The molecule has 2 aromatic rings. The molecule has 1 unspecified atom stereocenters. The van der Waals surface area contributed by atoms with Crippen LogP contribution in [-0.4, -0.2) is 0 Å². The molecule has 16 heavy (non-hydrogen) atoms. The predicted molar refractivity (Wildman–Crippen MR) is 65.8 cm³/mol. The first-order valence-electron chi connectivity index (χ1n) is 5.23. The van der Waals surface area contributed by atoms with Crippen molar-refractivity contribution in [3.63, 3.8) is 0 Å². The van der Waals surface area contributed by atoms with Crippen LogP contribution in [-0.2, 0) is 0 Å². The van der Waals surface area contributed by atoms with E-state index in [2.05, 4.69) is 25.0 Å². The molecule has 0 aliphatic carbocycles. The molecule has 1 atom stereocenters. The van der Waals surface area contributed by atoms with Gasteiger partial charge in [-0.2, -0.15) is 0 Å². The SMILES string of the molecule is C=C(C)C(NN)c1cc2cc(C)ccc2o1. The van der Waals surface area contributed by atoms with Gasteiger partial charge >= 0.3 is 0 Å². The van der Waals surface area contributed by atoms with Gasteiger partial charge in [0.05, 0.1) is 6.04 Å². The average molecular weight is 216 g/mol. The maximum Gasteiger partial charge on any atom is 0.134 e. The van der Waals surface area contributed by atoms with Gasteiger partial charge in [0.25, 0.3) is 0 Å². The van der Waals surface area contributed by atoms with Crippen molar-refractivity contribution in [1.29, 1.82) is 0 Å². The first kappa shape index (κ1) is 10.9. The highest BCUT2D eigenvalue weighted by Crippen LogP contribution is 2.27. The molecule has 0 fully saturated rings. The summed E-state index contributed by atoms with van der Waals surface area (Å²) in [5.41, 5.74) is 5.72. The summed E-state index contributed by atoms with van der Waals surface area (Å²) < 4.78 is 5.73. The average Bonchev–Trinajstić information content (AvgIpc) is 2.60. The third kappa shape index (κ3) is 1.87. The van der Waals surface area contributed by atoms with Gasteiger partial charge in [0, 0.05) is 5.39 Å². The fraction of sp³-hybridized carbons (Fsp3) is 0.231. The van der Waals surface area contributed by atoms with E-state index in [4.69, 9.17) is 10.3 Å². The Labute approximate surface area is 94.9 Å². The molecule has 1 aromatic carbocycles. The summed E-state index contributed by atoms with van der Waals surface area (Å²) in [6.45, 7) is 7.87. The summed E-state index contributed by atoms with van der Waals surface area (Å²) in [6, 6.07) is 7.96. The number of rotatable bonds is 3. The van der Waals surface area contributed by atoms with Crippen LogP contribution < -0.4 is 11.3 Å². The Kier molecular flexibility index (Phi) is 2.81. The number of hydrogen-bond acceptors (Lipinski definition) is 3. The number of aryl methyl sites for hydroxylation is 1. The molecule has 0 spiro atoms. The molecule has 2 rings (SSSR count). The van der Waals surface area contributed by atoms with Gasteiger partial charge < -0.3 is 4.42 Å². The van der Waals surface area contributed by atoms with E-state index in [0.29, 0.717) is 0 Å². The number of fused-ring (bicyclic) bond motifs is 1. The van der Waals surface area contributed by atoms with Gasteiger partial charge in [-0.1, -0.05) is 23.8 Å². The fourth-order valence-electron chi connectivity index (χ4n) is 1.79. The molecule has 0 saturated heterocycles. The number of nitrogens with two attached hydrogens (primary N) is 1. The zero-order chi connectivity index (χ0) is 11.7. The Morgan fingerprint density at radius 1 is 1.44 bits per heavy atom. The standard InChI is InChI=1S/C13H16N2O/c1-8(2)13(15-14)12-7-10-6-9(3)4-5-11(10)16-12/h4-7,13,15H,1,14H2,2-3H3. The molecule has 1 heterocycles. The normalized spacial score (nSPS) is 12.9. The zero-order valence-corrected chi connectivity index (χ0v) is 9.58. The van der Waals surface area contributed by atoms with Gasteiger partial charge in [0.2, 0.25) is 0 Å². The summed E-state index contributed by atoms with van der Waals surface area (Å²) in [7, 11) is 0. The van der Waals surface area contributed by atoms with Crippen molar-refractivity contribution in [2.45, 2.75) is 19.9 Å². The van der Waals surface area contributed by atoms with Crippen LogP contribution in [0.1, 0.15) is 24.3 Å². The lowest BCUT2D eigenvalue weighted by atomic mass is 10.1. The van der Waals surface area contributed by atoms with E-state index in [1.54, 1.807) is 0 Å². The number of furan rings is 1. The second-order valence-electron chi connectivity index (χ2n) is 4.14. The maximum absolute atomic E-state index is 5.73. The molecule has 0 aliphatic heterocycles. The van der Waals surface area contributed by atoms with Crippen LogP contribution in [0.2, 0.25) is 0 Å². The van der Waals surface area contributed by atoms with Crippen molar-refractivity contribution in [3.05, 3.63) is 47.7 Å². The minimum atomic E-state index is -0.132. The Balaban J connectivity index is 2.49. The molecule has 1 aromatic heterocycles. The van der Waals surface area contributed by atoms with Crippen molar-refractivity contribution < 1.29 is 4.42 Å². The van der Waals surface area contributed by atoms with E-state index in [-0.39, 0.29) is 6.04 Å². The van der Waals surface area contributed by atoms with Crippen LogP contribution in [0.15, 0.2) is 40.8 Å². The van der Waals surface area contributed by atoms with E-state index in [1.165, 1.54) is 5.56 Å². The lowest BCUT2D eigenvalue weighted by molar-refractivity contribution is 0.473. The highest BCUT2D eigenvalue weighted by atomic mass is 16.3. The topological polar surface area (TPSA) is 51.2 Å². The van der Waals surface area contributed by atoms with Gasteiger partial charge in [0.1, 0.15) is 11.3 Å². The molecule has 0 radical (unpaired) electrons. The molecule has 3 nitrogen and oxygen atoms in total. The van der Waals surface area contributed by atoms with Crippen LogP contribution >= 0.6 is 0 Å². The monoisotopic (exact) mass is 216 g/mol. The fourth-order valence-corrected chi connectivity index (χ4v) is 1.79. The number of hydrazine groups is 1. The van der Waals surface area contributed by atoms with Gasteiger partial charge in [-0.05, 0) is 32.0 Å². The van der Waals surface area contributed by atoms with Crippen LogP contribution in [0.5, 0.6) is 0 Å². The molecule has 0 saturated carbocycles. The van der Waals surface area contributed by atoms with E-state index in [9.17, 15) is 0 Å². The van der Waals surface area contributed by atoms with Crippen molar-refractivity contribution >= 4 is 11.0 Å². The summed E-state index contributed by atoms with van der Waals surface area (Å²) in [6.07, 6.45) is 0. The number of benzene rings is 1. The Morgan fingerprint density at radius 3 is 2.81 bits per heavy atom. The molecule has 0 aliphatic rings. The van der Waals surface area contributed by atoms with Crippen LogP contribution in [0.3, 0.4) is 0 Å². The quantitative estimate of drug-likeness (QED) is 0.471. The maximum atomic E-state index is 5.73. The Bertz CT molecular complexity index is 528. The van der Waals surface area contributed by atoms with Crippen molar-refractivity contribution in [2.75, 3.05) is 0 Å². The first-order chi connectivity index (χ1) is 7.61. The Morgan fingerprint density at radius 2 is 2.19 bits per heavy atom. The first-order valence-corrected chi connectivity index (χ1v) is 5.23. The van der Waals surface area contributed by atoms with Crippen LogP contribution in [0.25, 0.3) is 11.0 Å². The molecule has 84 valence electrons. The Hall–Kier alpha value is -1.58. The summed E-state index contributed by atoms with van der Waals surface area (Å²) in [5, 5.41) is 1.09. The lowest BCUT2D eigenvalue weighted by Gasteiger charge is -2.11. The van der Waals surface area contributed by atoms with Gasteiger partial charge in [0.15, 0.2) is 0 Å². The molecule has 3 N–H and O–H groups in total. The minimum Gasteiger partial charge on any atom is -0.459 e. The third-order valence-corrected chi connectivity index (χ3v) is 2.63. The highest BCUT2D eigenvalue weighted by Gasteiger charge is 2.15. The van der Waals surface area contributed by atoms with Crippen molar-refractivity contribution in [3.8, 4) is 0 Å². The van der Waals surface area contributed by atoms with E-state index >= 15 is 0 Å². The highest BCUT2D eigenvalue weighted by molar-refractivity contribution is 5.78. The molecular weight excluding hydrogens is 200 g/mol. The zero-order valence-electron chi connectivity index (χ0n) is 9.58. The predicted octanol–water partition coefficient (Wildman–Crippen LogP) is 2.82. The molecule has 3 heteroatoms.